The summed E-state index contributed by atoms with van der Waals surface area (Å²) in [5.41, 5.74) is 2.55. The summed E-state index contributed by atoms with van der Waals surface area (Å²) in [7, 11) is 0. The van der Waals surface area contributed by atoms with Crippen molar-refractivity contribution in [1.29, 1.82) is 0 Å². The molecule has 0 aliphatic carbocycles. The first-order chi connectivity index (χ1) is 9.38. The van der Waals surface area contributed by atoms with Crippen LogP contribution < -0.4 is 0 Å². The molecule has 0 saturated carbocycles. The Morgan fingerprint density at radius 2 is 1.58 bits per heavy atom. The van der Waals surface area contributed by atoms with E-state index in [2.05, 4.69) is 49.9 Å². The summed E-state index contributed by atoms with van der Waals surface area (Å²) in [5.74, 6) is 0. The highest BCUT2D eigenvalue weighted by Crippen LogP contribution is 2.17. The molecule has 0 heterocycles. The van der Waals surface area contributed by atoms with Crippen molar-refractivity contribution in [3.8, 4) is 0 Å². The van der Waals surface area contributed by atoms with Gasteiger partial charge in [0.2, 0.25) is 0 Å². The van der Waals surface area contributed by atoms with E-state index in [4.69, 9.17) is 0 Å². The van der Waals surface area contributed by atoms with Crippen LogP contribution in [0.15, 0.2) is 49.1 Å². The molecule has 104 valence electrons. The van der Waals surface area contributed by atoms with E-state index < -0.39 is 0 Å². The molecule has 0 unspecified atom stereocenters. The third-order valence-electron chi connectivity index (χ3n) is 3.50. The van der Waals surface area contributed by atoms with Crippen molar-refractivity contribution in [3.63, 3.8) is 0 Å². The van der Waals surface area contributed by atoms with E-state index in [-0.39, 0.29) is 0 Å². The minimum Gasteiger partial charge on any atom is -0.0985 e. The molecule has 0 aliphatic rings. The summed E-state index contributed by atoms with van der Waals surface area (Å²) in [6.45, 7) is 6.19. The predicted molar refractivity (Wildman–Crippen MR) is 87.2 cm³/mol. The Labute approximate surface area is 119 Å². The van der Waals surface area contributed by atoms with E-state index in [0.29, 0.717) is 0 Å². The fourth-order valence-electron chi connectivity index (χ4n) is 2.31. The van der Waals surface area contributed by atoms with Gasteiger partial charge in [-0.05, 0) is 24.0 Å². The third-order valence-corrected chi connectivity index (χ3v) is 3.50. The topological polar surface area (TPSA) is 0 Å². The van der Waals surface area contributed by atoms with E-state index in [1.54, 1.807) is 0 Å². The van der Waals surface area contributed by atoms with Gasteiger partial charge in [-0.25, -0.2) is 0 Å². The molecule has 0 radical (unpaired) electrons. The van der Waals surface area contributed by atoms with Gasteiger partial charge in [0.25, 0.3) is 0 Å². The van der Waals surface area contributed by atoms with Gasteiger partial charge in [-0.15, -0.1) is 0 Å². The highest BCUT2D eigenvalue weighted by Gasteiger charge is 1.95. The average molecular weight is 256 g/mol. The van der Waals surface area contributed by atoms with Gasteiger partial charge in [0.1, 0.15) is 0 Å². The van der Waals surface area contributed by atoms with Crippen molar-refractivity contribution < 1.29 is 0 Å². The lowest BCUT2D eigenvalue weighted by Gasteiger charge is -2.03. The Balaban J connectivity index is 2.21. The summed E-state index contributed by atoms with van der Waals surface area (Å²) in [4.78, 5) is 0. The quantitative estimate of drug-likeness (QED) is 0.336. The van der Waals surface area contributed by atoms with Crippen LogP contribution in [0.4, 0.5) is 0 Å². The van der Waals surface area contributed by atoms with E-state index in [1.807, 2.05) is 6.08 Å². The van der Waals surface area contributed by atoms with Crippen LogP contribution in [0.2, 0.25) is 0 Å². The van der Waals surface area contributed by atoms with Gasteiger partial charge in [-0.3, -0.25) is 0 Å². The molecule has 1 aromatic rings. The number of rotatable bonds is 10. The van der Waals surface area contributed by atoms with Gasteiger partial charge >= 0.3 is 0 Å². The molecule has 1 rings (SSSR count). The first-order valence-corrected chi connectivity index (χ1v) is 7.76. The summed E-state index contributed by atoms with van der Waals surface area (Å²) in [6, 6.07) is 10.5. The van der Waals surface area contributed by atoms with Gasteiger partial charge < -0.3 is 0 Å². The smallest absolute Gasteiger partial charge is 0.0187 e. The van der Waals surface area contributed by atoms with E-state index in [1.165, 1.54) is 62.5 Å². The molecule has 0 spiro atoms. The third kappa shape index (κ3) is 7.00. The van der Waals surface area contributed by atoms with E-state index in [0.717, 1.165) is 0 Å². The van der Waals surface area contributed by atoms with Crippen LogP contribution >= 0.6 is 0 Å². The normalized spacial score (nSPS) is 11.5. The van der Waals surface area contributed by atoms with Gasteiger partial charge in [-0.2, -0.15) is 0 Å². The highest BCUT2D eigenvalue weighted by atomic mass is 14.0. The zero-order valence-corrected chi connectivity index (χ0v) is 12.4. The molecule has 19 heavy (non-hydrogen) atoms. The zero-order valence-electron chi connectivity index (χ0n) is 12.4. The Morgan fingerprint density at radius 1 is 0.947 bits per heavy atom. The van der Waals surface area contributed by atoms with Crippen LogP contribution in [0.3, 0.4) is 0 Å². The Morgan fingerprint density at radius 3 is 2.21 bits per heavy atom. The van der Waals surface area contributed by atoms with Crippen molar-refractivity contribution in [2.24, 2.45) is 0 Å². The molecule has 0 N–H and O–H groups in total. The van der Waals surface area contributed by atoms with Crippen LogP contribution in [0.25, 0.3) is 5.57 Å². The van der Waals surface area contributed by atoms with Crippen LogP contribution in [-0.2, 0) is 0 Å². The second kappa shape index (κ2) is 10.6. The minimum atomic E-state index is 1.17. The molecule has 0 aliphatic heterocycles. The monoisotopic (exact) mass is 256 g/mol. The van der Waals surface area contributed by atoms with Crippen molar-refractivity contribution >= 4 is 5.57 Å². The largest absolute Gasteiger partial charge is 0.0985 e. The van der Waals surface area contributed by atoms with Gasteiger partial charge in [-0.1, -0.05) is 94.5 Å². The van der Waals surface area contributed by atoms with Crippen LogP contribution in [0, 0.1) is 0 Å². The fourth-order valence-corrected chi connectivity index (χ4v) is 2.31. The molecule has 0 fully saturated rings. The lowest BCUT2D eigenvalue weighted by molar-refractivity contribution is 0.592. The predicted octanol–water partition coefficient (Wildman–Crippen LogP) is 6.40. The highest BCUT2D eigenvalue weighted by molar-refractivity contribution is 5.73. The number of unbranched alkanes of at least 4 members (excludes halogenated alkanes) is 7. The summed E-state index contributed by atoms with van der Waals surface area (Å²) in [5, 5.41) is 0. The molecule has 0 saturated heterocycles. The van der Waals surface area contributed by atoms with Crippen molar-refractivity contribution in [2.45, 2.75) is 58.3 Å². The Kier molecular flexibility index (Phi) is 8.80. The molecule has 0 heteroatoms. The van der Waals surface area contributed by atoms with Crippen molar-refractivity contribution in [2.75, 3.05) is 0 Å². The summed E-state index contributed by atoms with van der Waals surface area (Å²) >= 11 is 0. The maximum Gasteiger partial charge on any atom is -0.0187 e. The minimum absolute atomic E-state index is 1.17. The SMILES string of the molecule is C=CC(=CCCCCCCCCC)c1ccccc1. The maximum atomic E-state index is 3.92. The standard InChI is InChI=1S/C19H28/c1-3-5-6-7-8-9-10-12-15-18(4-2)19-16-13-11-14-17-19/h4,11,13-17H,2-3,5-10,12H2,1H3. The zero-order chi connectivity index (χ0) is 13.8. The lowest BCUT2D eigenvalue weighted by atomic mass is 10.0. The Bertz CT molecular complexity index is 359. The first kappa shape index (κ1) is 15.8. The van der Waals surface area contributed by atoms with Crippen molar-refractivity contribution in [3.05, 3.63) is 54.6 Å². The fraction of sp³-hybridized carbons (Fsp3) is 0.474. The molecule has 0 bridgehead atoms. The first-order valence-electron chi connectivity index (χ1n) is 7.76. The molecule has 0 amide bonds. The van der Waals surface area contributed by atoms with Gasteiger partial charge in [0, 0.05) is 0 Å². The summed E-state index contributed by atoms with van der Waals surface area (Å²) in [6.07, 6.45) is 15.1. The van der Waals surface area contributed by atoms with E-state index in [9.17, 15) is 0 Å². The lowest BCUT2D eigenvalue weighted by Crippen LogP contribution is -1.82. The molecular formula is C19H28. The molecule has 0 atom stereocenters. The van der Waals surface area contributed by atoms with Gasteiger partial charge in [0.05, 0.1) is 0 Å². The number of hydrogen-bond acceptors (Lipinski definition) is 0. The second-order valence-corrected chi connectivity index (χ2v) is 5.14. The second-order valence-electron chi connectivity index (χ2n) is 5.14. The van der Waals surface area contributed by atoms with Crippen LogP contribution in [0.1, 0.15) is 63.9 Å². The van der Waals surface area contributed by atoms with Gasteiger partial charge in [0.15, 0.2) is 0 Å². The molecule has 0 nitrogen and oxygen atoms in total. The van der Waals surface area contributed by atoms with Crippen molar-refractivity contribution in [1.82, 2.24) is 0 Å². The number of hydrogen-bond donors (Lipinski definition) is 0. The maximum absolute atomic E-state index is 3.92. The Hall–Kier alpha value is -1.30. The average Bonchev–Trinajstić information content (AvgIpc) is 2.47. The summed E-state index contributed by atoms with van der Waals surface area (Å²) < 4.78 is 0. The van der Waals surface area contributed by atoms with Crippen LogP contribution in [-0.4, -0.2) is 0 Å². The molecular weight excluding hydrogens is 228 g/mol. The van der Waals surface area contributed by atoms with Crippen LogP contribution in [0.5, 0.6) is 0 Å². The van der Waals surface area contributed by atoms with E-state index >= 15 is 0 Å². The molecule has 1 aromatic carbocycles. The number of allylic oxidation sites excluding steroid dienone is 3. The number of benzene rings is 1. The molecule has 0 aromatic heterocycles.